The summed E-state index contributed by atoms with van der Waals surface area (Å²) in [5.41, 5.74) is 4.64. The van der Waals surface area contributed by atoms with Gasteiger partial charge in [0.25, 0.3) is 0 Å². The van der Waals surface area contributed by atoms with E-state index in [1.54, 1.807) is 17.1 Å². The predicted molar refractivity (Wildman–Crippen MR) is 132 cm³/mol. The number of nitrogens with one attached hydrogen (secondary N) is 1. The number of likely N-dealkylation sites (N-methyl/N-ethyl adjacent to an activating group) is 1. The molecule has 3 aromatic rings. The van der Waals surface area contributed by atoms with Gasteiger partial charge in [-0.2, -0.15) is 5.10 Å². The van der Waals surface area contributed by atoms with Gasteiger partial charge in [0.15, 0.2) is 0 Å². The van der Waals surface area contributed by atoms with Crippen molar-refractivity contribution in [1.29, 1.82) is 0 Å². The minimum atomic E-state index is -0.690. The number of benzene rings is 1. The van der Waals surface area contributed by atoms with E-state index >= 15 is 0 Å². The Balaban J connectivity index is 1.43. The zero-order chi connectivity index (χ0) is 23.9. The molecule has 1 saturated heterocycles. The molecular formula is C25H28N7OSi. The van der Waals surface area contributed by atoms with Gasteiger partial charge in [-0.25, -0.2) is 9.97 Å². The Morgan fingerprint density at radius 2 is 2.00 bits per heavy atom. The lowest BCUT2D eigenvalue weighted by atomic mass is 9.78. The number of piperidine rings is 1. The van der Waals surface area contributed by atoms with E-state index in [9.17, 15) is 4.79 Å². The van der Waals surface area contributed by atoms with Crippen molar-refractivity contribution in [2.45, 2.75) is 30.8 Å². The van der Waals surface area contributed by atoms with Crippen LogP contribution >= 0.6 is 0 Å². The lowest BCUT2D eigenvalue weighted by Crippen LogP contribution is -2.49. The Morgan fingerprint density at radius 1 is 1.21 bits per heavy atom. The van der Waals surface area contributed by atoms with Gasteiger partial charge in [-0.1, -0.05) is 30.3 Å². The first-order valence-corrected chi connectivity index (χ1v) is 11.9. The van der Waals surface area contributed by atoms with E-state index in [-0.39, 0.29) is 11.8 Å². The third-order valence-corrected chi connectivity index (χ3v) is 7.58. The molecule has 0 bridgehead atoms. The highest BCUT2D eigenvalue weighted by Crippen LogP contribution is 2.48. The summed E-state index contributed by atoms with van der Waals surface area (Å²) in [5, 5.41) is 6.67. The number of carbonyl (C=O) groups excluding carboxylic acids is 1. The third-order valence-electron chi connectivity index (χ3n) is 6.76. The van der Waals surface area contributed by atoms with Crippen molar-refractivity contribution in [2.75, 3.05) is 25.5 Å². The molecule has 173 valence electrons. The molecule has 1 fully saturated rings. The molecular weight excluding hydrogens is 442 g/mol. The summed E-state index contributed by atoms with van der Waals surface area (Å²) in [6.45, 7) is 4.05. The standard InChI is InChI=1S/C25H28N7OSi/c1-17-11-19-12-26-24(28-20-13-27-31(3)14-20)29-22(19)16-32(17)23(33)25(34)9-10-30(2)15-21(25)18-7-5-4-6-8-18/h4-8,11-14,21H,9-10,15-16H2,1-3H3,(H,26,28,29)/t21-,25+/m1/s1. The maximum Gasteiger partial charge on any atom is 0.230 e. The Bertz CT molecular complexity index is 1240. The average molecular weight is 471 g/mol. The minimum absolute atomic E-state index is 0.0408. The minimum Gasteiger partial charge on any atom is -0.321 e. The number of allylic oxidation sites excluding steroid dienone is 1. The molecule has 0 spiro atoms. The highest BCUT2D eigenvalue weighted by molar-refractivity contribution is 6.29. The fourth-order valence-corrected chi connectivity index (χ4v) is 5.34. The molecule has 0 unspecified atom stereocenters. The van der Waals surface area contributed by atoms with Crippen LogP contribution in [0.2, 0.25) is 5.04 Å². The maximum atomic E-state index is 14.1. The number of hydrogen-bond donors (Lipinski definition) is 1. The number of rotatable bonds is 4. The first kappa shape index (κ1) is 22.5. The Morgan fingerprint density at radius 3 is 2.74 bits per heavy atom. The number of aromatic nitrogens is 4. The molecule has 4 heterocycles. The number of anilines is 2. The van der Waals surface area contributed by atoms with Crippen molar-refractivity contribution in [3.8, 4) is 0 Å². The third kappa shape index (κ3) is 4.17. The molecule has 0 saturated carbocycles. The van der Waals surface area contributed by atoms with Crippen LogP contribution in [0.25, 0.3) is 6.08 Å². The van der Waals surface area contributed by atoms with Crippen molar-refractivity contribution >= 4 is 33.9 Å². The smallest absolute Gasteiger partial charge is 0.230 e. The zero-order valence-corrected chi connectivity index (χ0v) is 20.7. The molecule has 3 radical (unpaired) electrons. The highest BCUT2D eigenvalue weighted by atomic mass is 28.1. The fraction of sp³-hybridized carbons (Fsp3) is 0.360. The van der Waals surface area contributed by atoms with Crippen molar-refractivity contribution < 1.29 is 4.79 Å². The number of likely N-dealkylation sites (tertiary alicyclic amines) is 1. The van der Waals surface area contributed by atoms with Crippen LogP contribution in [0.4, 0.5) is 11.6 Å². The number of carbonyl (C=O) groups is 1. The molecule has 1 aromatic carbocycles. The second kappa shape index (κ2) is 8.81. The van der Waals surface area contributed by atoms with Gasteiger partial charge in [-0.05, 0) is 38.6 Å². The summed E-state index contributed by atoms with van der Waals surface area (Å²) in [6, 6.07) is 10.3. The lowest BCUT2D eigenvalue weighted by Gasteiger charge is -2.46. The van der Waals surface area contributed by atoms with Gasteiger partial charge in [0.05, 0.1) is 24.1 Å². The lowest BCUT2D eigenvalue weighted by molar-refractivity contribution is -0.135. The van der Waals surface area contributed by atoms with Crippen LogP contribution in [-0.2, 0) is 18.4 Å². The molecule has 2 aromatic heterocycles. The molecule has 2 atom stereocenters. The van der Waals surface area contributed by atoms with E-state index in [4.69, 9.17) is 4.98 Å². The largest absolute Gasteiger partial charge is 0.321 e. The van der Waals surface area contributed by atoms with Crippen molar-refractivity contribution in [2.24, 2.45) is 7.05 Å². The first-order valence-electron chi connectivity index (χ1n) is 11.4. The Hall–Kier alpha value is -3.30. The van der Waals surface area contributed by atoms with Gasteiger partial charge in [-0.3, -0.25) is 9.48 Å². The summed E-state index contributed by atoms with van der Waals surface area (Å²) in [7, 11) is 8.00. The van der Waals surface area contributed by atoms with E-state index in [1.165, 1.54) is 5.56 Å². The molecule has 0 aliphatic carbocycles. The number of amides is 1. The summed E-state index contributed by atoms with van der Waals surface area (Å²) < 4.78 is 1.72. The van der Waals surface area contributed by atoms with Gasteiger partial charge in [0.1, 0.15) is 0 Å². The molecule has 9 heteroatoms. The SMILES string of the molecule is CC1=Cc2cnc(Nc3cnn(C)c3)nc2CN1C(=O)[C@]1([Si])CCN(C)C[C@@H]1c1ccccc1. The zero-order valence-electron chi connectivity index (χ0n) is 19.7. The van der Waals surface area contributed by atoms with Crippen LogP contribution in [0.1, 0.15) is 36.1 Å². The van der Waals surface area contributed by atoms with Crippen LogP contribution < -0.4 is 5.32 Å². The van der Waals surface area contributed by atoms with E-state index in [2.05, 4.69) is 49.7 Å². The van der Waals surface area contributed by atoms with Crippen LogP contribution in [0, 0.1) is 0 Å². The molecule has 8 nitrogen and oxygen atoms in total. The molecule has 1 amide bonds. The van der Waals surface area contributed by atoms with Gasteiger partial charge in [0.2, 0.25) is 11.9 Å². The molecule has 34 heavy (non-hydrogen) atoms. The molecule has 2 aliphatic rings. The number of nitrogens with zero attached hydrogens (tertiary/aromatic N) is 6. The summed E-state index contributed by atoms with van der Waals surface area (Å²) >= 11 is 0. The number of hydrogen-bond acceptors (Lipinski definition) is 6. The summed E-state index contributed by atoms with van der Waals surface area (Å²) in [6.07, 6.45) is 8.11. The maximum absolute atomic E-state index is 14.1. The monoisotopic (exact) mass is 470 g/mol. The van der Waals surface area contributed by atoms with Crippen LogP contribution in [0.5, 0.6) is 0 Å². The average Bonchev–Trinajstić information content (AvgIpc) is 3.25. The Labute approximate surface area is 203 Å². The summed E-state index contributed by atoms with van der Waals surface area (Å²) in [4.78, 5) is 27.4. The second-order valence-electron chi connectivity index (χ2n) is 9.25. The summed E-state index contributed by atoms with van der Waals surface area (Å²) in [5.74, 6) is 0.603. The predicted octanol–water partition coefficient (Wildman–Crippen LogP) is 3.10. The molecule has 5 rings (SSSR count). The fourth-order valence-electron chi connectivity index (χ4n) is 4.83. The Kier molecular flexibility index (Phi) is 5.82. The van der Waals surface area contributed by atoms with E-state index in [0.29, 0.717) is 12.5 Å². The van der Waals surface area contributed by atoms with Gasteiger partial charge in [-0.15, -0.1) is 0 Å². The highest BCUT2D eigenvalue weighted by Gasteiger charge is 2.47. The van der Waals surface area contributed by atoms with Crippen molar-refractivity contribution in [3.05, 3.63) is 71.4 Å². The number of aryl methyl sites for hydroxylation is 1. The molecule has 1 N–H and O–H groups in total. The molecule has 2 aliphatic heterocycles. The normalized spacial score (nSPS) is 22.8. The van der Waals surface area contributed by atoms with Crippen LogP contribution in [0.15, 0.2) is 54.6 Å². The van der Waals surface area contributed by atoms with Crippen molar-refractivity contribution in [1.82, 2.24) is 29.5 Å². The van der Waals surface area contributed by atoms with Crippen LogP contribution in [-0.4, -0.2) is 65.8 Å². The van der Waals surface area contributed by atoms with E-state index in [0.717, 1.165) is 42.2 Å². The van der Waals surface area contributed by atoms with Gasteiger partial charge in [0, 0.05) is 58.4 Å². The van der Waals surface area contributed by atoms with Gasteiger partial charge >= 0.3 is 0 Å². The van der Waals surface area contributed by atoms with E-state index < -0.39 is 5.04 Å². The van der Waals surface area contributed by atoms with Gasteiger partial charge < -0.3 is 15.1 Å². The topological polar surface area (TPSA) is 79.2 Å². The first-order chi connectivity index (χ1) is 16.3. The van der Waals surface area contributed by atoms with Crippen molar-refractivity contribution in [3.63, 3.8) is 0 Å². The number of fused-ring (bicyclic) bond motifs is 1. The second-order valence-corrected chi connectivity index (χ2v) is 10.1. The van der Waals surface area contributed by atoms with E-state index in [1.807, 2.05) is 49.3 Å². The van der Waals surface area contributed by atoms with Crippen LogP contribution in [0.3, 0.4) is 0 Å². The quantitative estimate of drug-likeness (QED) is 0.591.